The van der Waals surface area contributed by atoms with Crippen molar-refractivity contribution in [1.82, 2.24) is 15.1 Å². The van der Waals surface area contributed by atoms with Gasteiger partial charge in [0.1, 0.15) is 0 Å². The van der Waals surface area contributed by atoms with Crippen molar-refractivity contribution in [2.24, 2.45) is 5.92 Å². The van der Waals surface area contributed by atoms with Crippen LogP contribution in [0.25, 0.3) is 0 Å². The molecule has 2 saturated heterocycles. The number of hydrogen-bond donors (Lipinski definition) is 1. The van der Waals surface area contributed by atoms with E-state index in [1.807, 2.05) is 0 Å². The van der Waals surface area contributed by atoms with Crippen LogP contribution in [0.5, 0.6) is 0 Å². The summed E-state index contributed by atoms with van der Waals surface area (Å²) in [7, 11) is 0. The molecule has 0 aromatic heterocycles. The van der Waals surface area contributed by atoms with E-state index in [1.54, 1.807) is 0 Å². The van der Waals surface area contributed by atoms with E-state index in [2.05, 4.69) is 40.7 Å². The number of nitrogens with zero attached hydrogens (tertiary/aromatic N) is 2. The maximum Gasteiger partial charge on any atom is 0.0117 e. The third-order valence-electron chi connectivity index (χ3n) is 4.48. The number of thioether (sulfide) groups is 1. The van der Waals surface area contributed by atoms with Crippen molar-refractivity contribution in [2.75, 3.05) is 57.3 Å². The fraction of sp³-hybridized carbons (Fsp3) is 1.00. The van der Waals surface area contributed by atoms with Crippen LogP contribution in [-0.4, -0.2) is 73.2 Å². The lowest BCUT2D eigenvalue weighted by Crippen LogP contribution is -2.50. The first-order chi connectivity index (χ1) is 9.29. The molecule has 0 bridgehead atoms. The minimum atomic E-state index is 0.752. The van der Waals surface area contributed by atoms with E-state index in [0.29, 0.717) is 0 Å². The van der Waals surface area contributed by atoms with Crippen LogP contribution < -0.4 is 5.32 Å². The number of rotatable bonds is 6. The van der Waals surface area contributed by atoms with Gasteiger partial charge in [0.25, 0.3) is 0 Å². The first-order valence-electron chi connectivity index (χ1n) is 8.05. The summed E-state index contributed by atoms with van der Waals surface area (Å²) in [5, 5.41) is 3.71. The zero-order valence-corrected chi connectivity index (χ0v) is 13.6. The molecule has 0 aromatic carbocycles. The Morgan fingerprint density at radius 2 is 1.84 bits per heavy atom. The van der Waals surface area contributed by atoms with Crippen molar-refractivity contribution in [1.29, 1.82) is 0 Å². The van der Waals surface area contributed by atoms with Gasteiger partial charge in [-0.05, 0) is 31.8 Å². The van der Waals surface area contributed by atoms with Gasteiger partial charge in [-0.2, -0.15) is 11.8 Å². The molecule has 2 rings (SSSR count). The summed E-state index contributed by atoms with van der Waals surface area (Å²) in [4.78, 5) is 5.32. The largest absolute Gasteiger partial charge is 0.314 e. The highest BCUT2D eigenvalue weighted by Gasteiger charge is 2.25. The number of piperidine rings is 1. The minimum Gasteiger partial charge on any atom is -0.314 e. The van der Waals surface area contributed by atoms with Crippen LogP contribution in [0.15, 0.2) is 0 Å². The molecule has 0 spiro atoms. The van der Waals surface area contributed by atoms with E-state index in [0.717, 1.165) is 12.0 Å². The second-order valence-electron chi connectivity index (χ2n) is 6.08. The summed E-state index contributed by atoms with van der Waals surface area (Å²) in [6, 6.07) is 0.752. The fourth-order valence-corrected chi connectivity index (χ4v) is 4.15. The van der Waals surface area contributed by atoms with Gasteiger partial charge in [0, 0.05) is 50.3 Å². The third-order valence-corrected chi connectivity index (χ3v) is 5.42. The monoisotopic (exact) mass is 285 g/mol. The van der Waals surface area contributed by atoms with Crippen molar-refractivity contribution in [3.63, 3.8) is 0 Å². The summed E-state index contributed by atoms with van der Waals surface area (Å²) in [5.74, 6) is 3.47. The molecule has 0 amide bonds. The van der Waals surface area contributed by atoms with Crippen molar-refractivity contribution >= 4 is 11.8 Å². The first-order valence-corrected chi connectivity index (χ1v) is 9.21. The Balaban J connectivity index is 1.63. The molecule has 19 heavy (non-hydrogen) atoms. The van der Waals surface area contributed by atoms with E-state index >= 15 is 0 Å². The Hall–Kier alpha value is 0.230. The average Bonchev–Trinajstić information content (AvgIpc) is 2.45. The maximum atomic E-state index is 3.71. The van der Waals surface area contributed by atoms with Crippen LogP contribution in [-0.2, 0) is 0 Å². The summed E-state index contributed by atoms with van der Waals surface area (Å²) in [5.41, 5.74) is 0. The van der Waals surface area contributed by atoms with Gasteiger partial charge in [-0.15, -0.1) is 0 Å². The predicted molar refractivity (Wildman–Crippen MR) is 86.1 cm³/mol. The molecule has 0 aromatic rings. The number of hydrogen-bond acceptors (Lipinski definition) is 4. The molecular formula is C15H31N3S. The van der Waals surface area contributed by atoms with Gasteiger partial charge in [0.2, 0.25) is 0 Å². The lowest BCUT2D eigenvalue weighted by atomic mass is 9.94. The molecule has 0 saturated carbocycles. The van der Waals surface area contributed by atoms with Crippen LogP contribution in [0.2, 0.25) is 0 Å². The van der Waals surface area contributed by atoms with Crippen molar-refractivity contribution in [2.45, 2.75) is 32.7 Å². The second kappa shape index (κ2) is 8.50. The quantitative estimate of drug-likeness (QED) is 0.801. The van der Waals surface area contributed by atoms with E-state index < -0.39 is 0 Å². The Morgan fingerprint density at radius 1 is 1.11 bits per heavy atom. The summed E-state index contributed by atoms with van der Waals surface area (Å²) in [6.45, 7) is 13.6. The average molecular weight is 286 g/mol. The molecule has 0 radical (unpaired) electrons. The molecule has 2 heterocycles. The molecule has 3 nitrogen and oxygen atoms in total. The van der Waals surface area contributed by atoms with Gasteiger partial charge in [0.15, 0.2) is 0 Å². The zero-order valence-electron chi connectivity index (χ0n) is 12.7. The predicted octanol–water partition coefficient (Wildman–Crippen LogP) is 1.75. The van der Waals surface area contributed by atoms with E-state index in [4.69, 9.17) is 0 Å². The molecule has 4 heteroatoms. The van der Waals surface area contributed by atoms with Crippen LogP contribution in [0.1, 0.15) is 26.7 Å². The second-order valence-corrected chi connectivity index (χ2v) is 7.31. The van der Waals surface area contributed by atoms with Crippen molar-refractivity contribution in [3.8, 4) is 0 Å². The molecule has 2 unspecified atom stereocenters. The first kappa shape index (κ1) is 15.6. The number of nitrogens with one attached hydrogen (secondary N) is 1. The van der Waals surface area contributed by atoms with Crippen molar-refractivity contribution < 1.29 is 0 Å². The normalized spacial score (nSPS) is 30.6. The Bertz CT molecular complexity index is 244. The molecular weight excluding hydrogens is 254 g/mol. The van der Waals surface area contributed by atoms with Gasteiger partial charge in [0.05, 0.1) is 0 Å². The van der Waals surface area contributed by atoms with E-state index in [1.165, 1.54) is 70.2 Å². The Kier molecular flexibility index (Phi) is 6.99. The van der Waals surface area contributed by atoms with E-state index in [-0.39, 0.29) is 0 Å². The smallest absolute Gasteiger partial charge is 0.0117 e. The minimum absolute atomic E-state index is 0.752. The molecule has 2 aliphatic rings. The maximum absolute atomic E-state index is 3.71. The zero-order chi connectivity index (χ0) is 13.5. The highest BCUT2D eigenvalue weighted by atomic mass is 32.2. The summed E-state index contributed by atoms with van der Waals surface area (Å²) >= 11 is 2.10. The molecule has 112 valence electrons. The molecule has 1 N–H and O–H groups in total. The standard InChI is InChI=1S/C15H31N3S/c1-3-5-16-15-4-6-18(13-14(15)2)8-7-17-9-11-19-12-10-17/h14-16H,3-13H2,1-2H3. The van der Waals surface area contributed by atoms with Gasteiger partial charge in [-0.3, -0.25) is 0 Å². The molecule has 2 fully saturated rings. The third kappa shape index (κ3) is 5.25. The van der Waals surface area contributed by atoms with Crippen LogP contribution >= 0.6 is 11.8 Å². The van der Waals surface area contributed by atoms with Gasteiger partial charge in [-0.25, -0.2) is 0 Å². The SMILES string of the molecule is CCCNC1CCN(CCN2CCSCC2)CC1C. The van der Waals surface area contributed by atoms with Crippen LogP contribution in [0.4, 0.5) is 0 Å². The van der Waals surface area contributed by atoms with Crippen molar-refractivity contribution in [3.05, 3.63) is 0 Å². The lowest BCUT2D eigenvalue weighted by molar-refractivity contribution is 0.131. The highest BCUT2D eigenvalue weighted by Crippen LogP contribution is 2.17. The lowest BCUT2D eigenvalue weighted by Gasteiger charge is -2.38. The molecule has 2 aliphatic heterocycles. The molecule has 0 aliphatic carbocycles. The fourth-order valence-electron chi connectivity index (χ4n) is 3.18. The Morgan fingerprint density at radius 3 is 2.53 bits per heavy atom. The van der Waals surface area contributed by atoms with Crippen LogP contribution in [0, 0.1) is 5.92 Å². The van der Waals surface area contributed by atoms with Gasteiger partial charge >= 0.3 is 0 Å². The Labute approximate surface area is 123 Å². The summed E-state index contributed by atoms with van der Waals surface area (Å²) < 4.78 is 0. The summed E-state index contributed by atoms with van der Waals surface area (Å²) in [6.07, 6.45) is 2.58. The van der Waals surface area contributed by atoms with E-state index in [9.17, 15) is 0 Å². The molecule has 2 atom stereocenters. The van der Waals surface area contributed by atoms with Crippen LogP contribution in [0.3, 0.4) is 0 Å². The highest BCUT2D eigenvalue weighted by molar-refractivity contribution is 7.99. The van der Waals surface area contributed by atoms with Gasteiger partial charge in [-0.1, -0.05) is 13.8 Å². The van der Waals surface area contributed by atoms with Gasteiger partial charge < -0.3 is 15.1 Å². The topological polar surface area (TPSA) is 18.5 Å². The number of likely N-dealkylation sites (tertiary alicyclic amines) is 1.